The van der Waals surface area contributed by atoms with E-state index in [4.69, 9.17) is 4.74 Å². The highest BCUT2D eigenvalue weighted by atomic mass is 32.1. The van der Waals surface area contributed by atoms with E-state index >= 15 is 0 Å². The predicted octanol–water partition coefficient (Wildman–Crippen LogP) is 4.03. The van der Waals surface area contributed by atoms with E-state index in [2.05, 4.69) is 11.9 Å². The fourth-order valence-electron chi connectivity index (χ4n) is 2.23. The maximum Gasteiger partial charge on any atom is 0.357 e. The van der Waals surface area contributed by atoms with Gasteiger partial charge in [0.05, 0.1) is 13.2 Å². The Morgan fingerprint density at radius 2 is 2.00 bits per heavy atom. The largest absolute Gasteiger partial charge is 0.461 e. The Morgan fingerprint density at radius 1 is 1.26 bits per heavy atom. The molecular weight excluding hydrogens is 312 g/mol. The SMILES string of the molecule is CCCCCCC(=O)N(Cc1nc(C(=O)OCC)cs1)C(C)C. The lowest BCUT2D eigenvalue weighted by Crippen LogP contribution is -2.36. The zero-order chi connectivity index (χ0) is 17.2. The van der Waals surface area contributed by atoms with Crippen LogP contribution in [0.2, 0.25) is 0 Å². The van der Waals surface area contributed by atoms with Crippen LogP contribution in [0.1, 0.15) is 75.3 Å². The first-order valence-corrected chi connectivity index (χ1v) is 9.28. The Morgan fingerprint density at radius 3 is 2.61 bits per heavy atom. The van der Waals surface area contributed by atoms with Crippen molar-refractivity contribution >= 4 is 23.2 Å². The van der Waals surface area contributed by atoms with Crippen LogP contribution >= 0.6 is 11.3 Å². The second-order valence-electron chi connectivity index (χ2n) is 5.77. The van der Waals surface area contributed by atoms with Crippen molar-refractivity contribution in [1.29, 1.82) is 0 Å². The molecule has 0 saturated heterocycles. The van der Waals surface area contributed by atoms with Gasteiger partial charge < -0.3 is 9.64 Å². The number of ether oxygens (including phenoxy) is 1. The molecule has 0 saturated carbocycles. The van der Waals surface area contributed by atoms with Gasteiger partial charge in [0.15, 0.2) is 5.69 Å². The van der Waals surface area contributed by atoms with Crippen LogP contribution in [-0.2, 0) is 16.1 Å². The normalized spacial score (nSPS) is 10.8. The summed E-state index contributed by atoms with van der Waals surface area (Å²) in [4.78, 5) is 30.2. The summed E-state index contributed by atoms with van der Waals surface area (Å²) in [5.74, 6) is -0.249. The highest BCUT2D eigenvalue weighted by Crippen LogP contribution is 2.17. The molecule has 0 radical (unpaired) electrons. The van der Waals surface area contributed by atoms with Crippen LogP contribution in [0.5, 0.6) is 0 Å². The third kappa shape index (κ3) is 6.69. The topological polar surface area (TPSA) is 59.5 Å². The minimum absolute atomic E-state index is 0.114. The highest BCUT2D eigenvalue weighted by Gasteiger charge is 2.19. The van der Waals surface area contributed by atoms with Crippen LogP contribution in [0.4, 0.5) is 0 Å². The van der Waals surface area contributed by atoms with Crippen LogP contribution in [0, 0.1) is 0 Å². The molecular formula is C17H28N2O3S. The first-order chi connectivity index (χ1) is 11.0. The first-order valence-electron chi connectivity index (χ1n) is 8.40. The molecule has 0 unspecified atom stereocenters. The Bertz CT molecular complexity index is 500. The lowest BCUT2D eigenvalue weighted by atomic mass is 10.1. The number of carbonyl (C=O) groups is 2. The lowest BCUT2D eigenvalue weighted by molar-refractivity contribution is -0.133. The fourth-order valence-corrected chi connectivity index (χ4v) is 2.99. The second kappa shape index (κ2) is 10.4. The molecule has 0 aliphatic rings. The molecule has 0 spiro atoms. The van der Waals surface area contributed by atoms with E-state index < -0.39 is 5.97 Å². The van der Waals surface area contributed by atoms with Gasteiger partial charge in [-0.15, -0.1) is 11.3 Å². The van der Waals surface area contributed by atoms with Crippen LogP contribution in [0.3, 0.4) is 0 Å². The number of hydrogen-bond acceptors (Lipinski definition) is 5. The predicted molar refractivity (Wildman–Crippen MR) is 92.5 cm³/mol. The third-order valence-corrected chi connectivity index (χ3v) is 4.36. The summed E-state index contributed by atoms with van der Waals surface area (Å²) >= 11 is 1.39. The number of nitrogens with zero attached hydrogens (tertiary/aromatic N) is 2. The fraction of sp³-hybridized carbons (Fsp3) is 0.706. The van der Waals surface area contributed by atoms with Crippen LogP contribution in [0.25, 0.3) is 0 Å². The quantitative estimate of drug-likeness (QED) is 0.477. The average molecular weight is 340 g/mol. The van der Waals surface area contributed by atoms with Crippen LogP contribution < -0.4 is 0 Å². The Balaban J connectivity index is 2.62. The summed E-state index contributed by atoms with van der Waals surface area (Å²) in [6.45, 7) is 8.72. The van der Waals surface area contributed by atoms with Crippen molar-refractivity contribution in [1.82, 2.24) is 9.88 Å². The maximum atomic E-state index is 12.4. The van der Waals surface area contributed by atoms with E-state index in [-0.39, 0.29) is 11.9 Å². The van der Waals surface area contributed by atoms with Gasteiger partial charge in [0.2, 0.25) is 5.91 Å². The highest BCUT2D eigenvalue weighted by molar-refractivity contribution is 7.09. The van der Waals surface area contributed by atoms with Gasteiger partial charge in [0.25, 0.3) is 0 Å². The number of thiazole rings is 1. The van der Waals surface area contributed by atoms with Crippen molar-refractivity contribution in [2.24, 2.45) is 0 Å². The number of rotatable bonds is 10. The van der Waals surface area contributed by atoms with Gasteiger partial charge in [-0.1, -0.05) is 26.2 Å². The number of amides is 1. The molecule has 5 nitrogen and oxygen atoms in total. The van der Waals surface area contributed by atoms with E-state index in [1.807, 2.05) is 18.7 Å². The van der Waals surface area contributed by atoms with Crippen molar-refractivity contribution in [2.75, 3.05) is 6.61 Å². The molecule has 0 fully saturated rings. The summed E-state index contributed by atoms with van der Waals surface area (Å²) in [6.07, 6.45) is 4.94. The molecule has 0 N–H and O–H groups in total. The van der Waals surface area contributed by atoms with Gasteiger partial charge in [-0.05, 0) is 27.2 Å². The van der Waals surface area contributed by atoms with Crippen molar-refractivity contribution in [3.63, 3.8) is 0 Å². The van der Waals surface area contributed by atoms with Crippen LogP contribution in [-0.4, -0.2) is 34.4 Å². The van der Waals surface area contributed by atoms with E-state index in [0.29, 0.717) is 25.3 Å². The Hall–Kier alpha value is -1.43. The summed E-state index contributed by atoms with van der Waals surface area (Å²) < 4.78 is 4.94. The molecule has 0 aliphatic heterocycles. The third-order valence-electron chi connectivity index (χ3n) is 3.53. The lowest BCUT2D eigenvalue weighted by Gasteiger charge is -2.26. The molecule has 0 atom stereocenters. The summed E-state index contributed by atoms with van der Waals surface area (Å²) in [7, 11) is 0. The van der Waals surface area contributed by atoms with Crippen molar-refractivity contribution in [3.05, 3.63) is 16.1 Å². The number of unbranched alkanes of at least 4 members (excludes halogenated alkanes) is 3. The number of hydrogen-bond donors (Lipinski definition) is 0. The molecule has 0 aliphatic carbocycles. The van der Waals surface area contributed by atoms with Gasteiger partial charge in [-0.2, -0.15) is 0 Å². The Labute approximate surface area is 143 Å². The van der Waals surface area contributed by atoms with Crippen molar-refractivity contribution in [2.45, 2.75) is 72.4 Å². The molecule has 1 aromatic rings. The van der Waals surface area contributed by atoms with Crippen molar-refractivity contribution in [3.8, 4) is 0 Å². The van der Waals surface area contributed by atoms with E-state index in [1.54, 1.807) is 12.3 Å². The van der Waals surface area contributed by atoms with Crippen molar-refractivity contribution < 1.29 is 14.3 Å². The molecule has 23 heavy (non-hydrogen) atoms. The minimum Gasteiger partial charge on any atom is -0.461 e. The second-order valence-corrected chi connectivity index (χ2v) is 6.72. The first kappa shape index (κ1) is 19.6. The zero-order valence-corrected chi connectivity index (χ0v) is 15.4. The molecule has 0 aromatic carbocycles. The number of carbonyl (C=O) groups excluding carboxylic acids is 2. The van der Waals surface area contributed by atoms with E-state index in [9.17, 15) is 9.59 Å². The molecule has 0 bridgehead atoms. The molecule has 1 aromatic heterocycles. The zero-order valence-electron chi connectivity index (χ0n) is 14.6. The summed E-state index contributed by atoms with van der Waals surface area (Å²) in [6, 6.07) is 0.114. The van der Waals surface area contributed by atoms with Gasteiger partial charge in [0, 0.05) is 17.8 Å². The van der Waals surface area contributed by atoms with Gasteiger partial charge in [-0.3, -0.25) is 4.79 Å². The number of aromatic nitrogens is 1. The van der Waals surface area contributed by atoms with E-state index in [0.717, 1.165) is 24.3 Å². The maximum absolute atomic E-state index is 12.4. The summed E-state index contributed by atoms with van der Waals surface area (Å²) in [5.41, 5.74) is 0.325. The monoisotopic (exact) mass is 340 g/mol. The number of esters is 1. The van der Waals surface area contributed by atoms with Crippen LogP contribution in [0.15, 0.2) is 5.38 Å². The van der Waals surface area contributed by atoms with Gasteiger partial charge in [-0.25, -0.2) is 9.78 Å². The summed E-state index contributed by atoms with van der Waals surface area (Å²) in [5, 5.41) is 2.46. The molecule has 130 valence electrons. The molecule has 1 amide bonds. The van der Waals surface area contributed by atoms with E-state index in [1.165, 1.54) is 17.8 Å². The smallest absolute Gasteiger partial charge is 0.357 e. The standard InChI is InChI=1S/C17H28N2O3S/c1-5-7-8-9-10-16(20)19(13(3)4)11-15-18-14(12-23-15)17(21)22-6-2/h12-13H,5-11H2,1-4H3. The molecule has 1 rings (SSSR count). The Kier molecular flexibility index (Phi) is 8.84. The van der Waals surface area contributed by atoms with Gasteiger partial charge >= 0.3 is 5.97 Å². The minimum atomic E-state index is -0.406. The average Bonchev–Trinajstić information content (AvgIpc) is 2.97. The van der Waals surface area contributed by atoms with Gasteiger partial charge in [0.1, 0.15) is 5.01 Å². The molecule has 6 heteroatoms. The molecule has 1 heterocycles.